The van der Waals surface area contributed by atoms with Crippen molar-refractivity contribution in [3.05, 3.63) is 83.2 Å². The molecule has 2 aromatic carbocycles. The van der Waals surface area contributed by atoms with Crippen LogP contribution >= 0.6 is 11.3 Å². The van der Waals surface area contributed by atoms with Gasteiger partial charge in [-0.15, -0.1) is 11.3 Å². The van der Waals surface area contributed by atoms with Crippen molar-refractivity contribution < 1.29 is 13.2 Å². The number of sulfonamides is 1. The smallest absolute Gasteiger partial charge is 0.271 e. The van der Waals surface area contributed by atoms with Gasteiger partial charge in [0.05, 0.1) is 0 Å². The second-order valence-electron chi connectivity index (χ2n) is 7.10. The van der Waals surface area contributed by atoms with Crippen LogP contribution in [0.4, 0.5) is 5.69 Å². The van der Waals surface area contributed by atoms with Gasteiger partial charge in [0.15, 0.2) is 0 Å². The molecule has 1 fully saturated rings. The summed E-state index contributed by atoms with van der Waals surface area (Å²) in [7, 11) is -3.59. The zero-order valence-electron chi connectivity index (χ0n) is 15.8. The first-order valence-corrected chi connectivity index (χ1v) is 11.9. The Balaban J connectivity index is 1.45. The van der Waals surface area contributed by atoms with E-state index >= 15 is 0 Å². The number of thiophene rings is 1. The first-order valence-electron chi connectivity index (χ1n) is 9.54. The largest absolute Gasteiger partial charge is 0.335 e. The molecule has 0 aliphatic carbocycles. The van der Waals surface area contributed by atoms with Gasteiger partial charge >= 0.3 is 0 Å². The topological polar surface area (TPSA) is 66.5 Å². The number of hydrogen-bond donors (Lipinski definition) is 1. The zero-order valence-corrected chi connectivity index (χ0v) is 17.5. The van der Waals surface area contributed by atoms with E-state index in [0.29, 0.717) is 11.3 Å². The highest BCUT2D eigenvalue weighted by Crippen LogP contribution is 2.25. The van der Waals surface area contributed by atoms with Gasteiger partial charge in [-0.2, -0.15) is 0 Å². The van der Waals surface area contributed by atoms with E-state index in [9.17, 15) is 13.2 Å². The number of nitrogens with zero attached hydrogens (tertiary/aromatic N) is 1. The van der Waals surface area contributed by atoms with E-state index < -0.39 is 10.0 Å². The Morgan fingerprint density at radius 1 is 1.03 bits per heavy atom. The molecule has 1 amide bonds. The molecular weight excluding hydrogens is 404 g/mol. The summed E-state index contributed by atoms with van der Waals surface area (Å²) in [5.41, 5.74) is 2.25. The van der Waals surface area contributed by atoms with E-state index in [1.807, 2.05) is 23.1 Å². The molecule has 1 aliphatic rings. The van der Waals surface area contributed by atoms with Crippen molar-refractivity contribution in [1.82, 2.24) is 4.90 Å². The summed E-state index contributed by atoms with van der Waals surface area (Å²) in [5.74, 6) is -0.00362. The predicted molar refractivity (Wildman–Crippen MR) is 116 cm³/mol. The third-order valence-electron chi connectivity index (χ3n) is 5.10. The summed E-state index contributed by atoms with van der Waals surface area (Å²) >= 11 is 1.16. The van der Waals surface area contributed by atoms with Gasteiger partial charge in [-0.1, -0.05) is 36.4 Å². The predicted octanol–water partition coefficient (Wildman–Crippen LogP) is 4.40. The molecule has 0 bridgehead atoms. The Bertz CT molecular complexity index is 1060. The lowest BCUT2D eigenvalue weighted by molar-refractivity contribution is 0.0736. The summed E-state index contributed by atoms with van der Waals surface area (Å²) in [6.45, 7) is 0.753. The lowest BCUT2D eigenvalue weighted by Crippen LogP contribution is -2.36. The molecule has 0 saturated carbocycles. The minimum Gasteiger partial charge on any atom is -0.335 e. The molecule has 4 rings (SSSR count). The molecule has 5 nitrogen and oxygen atoms in total. The number of carbonyl (C=O) groups excluding carboxylic acids is 1. The van der Waals surface area contributed by atoms with Crippen LogP contribution in [0.5, 0.6) is 0 Å². The Hall–Kier alpha value is -2.64. The molecule has 2 heterocycles. The highest BCUT2D eigenvalue weighted by molar-refractivity contribution is 7.94. The Morgan fingerprint density at radius 2 is 1.79 bits per heavy atom. The van der Waals surface area contributed by atoms with Crippen molar-refractivity contribution >= 4 is 33.0 Å². The van der Waals surface area contributed by atoms with Crippen LogP contribution in [0, 0.1) is 0 Å². The fourth-order valence-corrected chi connectivity index (χ4v) is 5.72. The van der Waals surface area contributed by atoms with Gasteiger partial charge in [-0.05, 0) is 60.5 Å². The van der Waals surface area contributed by atoms with Crippen LogP contribution in [0.3, 0.4) is 0 Å². The number of hydrogen-bond acceptors (Lipinski definition) is 4. The molecule has 1 atom stereocenters. The van der Waals surface area contributed by atoms with Crippen LogP contribution in [0.1, 0.15) is 28.8 Å². The van der Waals surface area contributed by atoms with E-state index in [4.69, 9.17) is 0 Å². The maximum atomic E-state index is 13.0. The van der Waals surface area contributed by atoms with E-state index in [1.165, 1.54) is 5.56 Å². The second-order valence-corrected chi connectivity index (χ2v) is 9.96. The maximum absolute atomic E-state index is 13.0. The van der Waals surface area contributed by atoms with Gasteiger partial charge in [0.25, 0.3) is 15.9 Å². The zero-order chi connectivity index (χ0) is 20.3. The minimum absolute atomic E-state index is 0.00362. The number of nitrogens with one attached hydrogen (secondary N) is 1. The normalized spacial score (nSPS) is 16.7. The van der Waals surface area contributed by atoms with Crippen molar-refractivity contribution in [2.24, 2.45) is 0 Å². The minimum atomic E-state index is -3.59. The molecule has 1 N–H and O–H groups in total. The van der Waals surface area contributed by atoms with Gasteiger partial charge in [0.2, 0.25) is 0 Å². The highest BCUT2D eigenvalue weighted by atomic mass is 32.2. The molecule has 0 spiro atoms. The first kappa shape index (κ1) is 19.7. The summed E-state index contributed by atoms with van der Waals surface area (Å²) in [5, 5.41) is 1.72. The van der Waals surface area contributed by atoms with E-state index in [0.717, 1.165) is 37.1 Å². The summed E-state index contributed by atoms with van der Waals surface area (Å²) < 4.78 is 27.5. The molecule has 0 radical (unpaired) electrons. The summed E-state index contributed by atoms with van der Waals surface area (Å²) in [6.07, 6.45) is 2.85. The molecule has 1 saturated heterocycles. The van der Waals surface area contributed by atoms with Gasteiger partial charge in [0.1, 0.15) is 4.21 Å². The molecular formula is C22H22N2O3S2. The van der Waals surface area contributed by atoms with E-state index in [2.05, 4.69) is 16.9 Å². The van der Waals surface area contributed by atoms with Crippen LogP contribution in [-0.2, 0) is 16.4 Å². The SMILES string of the molecule is O=C(c1ccc(NS(=O)(=O)c2cccs2)cc1)N1CCCC1Cc1ccccc1. The molecule has 1 aromatic heterocycles. The third-order valence-corrected chi connectivity index (χ3v) is 7.87. The average Bonchev–Trinajstić information content (AvgIpc) is 3.41. The molecule has 29 heavy (non-hydrogen) atoms. The lowest BCUT2D eigenvalue weighted by atomic mass is 10.0. The fraction of sp³-hybridized carbons (Fsp3) is 0.227. The van der Waals surface area contributed by atoms with Gasteiger partial charge in [-0.25, -0.2) is 8.42 Å². The standard InChI is InChI=1S/C22H22N2O3S2/c25-22(24-14-4-8-20(24)16-17-6-2-1-3-7-17)18-10-12-19(13-11-18)23-29(26,27)21-9-5-15-28-21/h1-3,5-7,9-13,15,20,23H,4,8,14,16H2. The number of benzene rings is 2. The van der Waals surface area contributed by atoms with Gasteiger partial charge in [0, 0.05) is 23.8 Å². The van der Waals surface area contributed by atoms with Crippen molar-refractivity contribution in [2.75, 3.05) is 11.3 Å². The molecule has 3 aromatic rings. The monoisotopic (exact) mass is 426 g/mol. The Kier molecular flexibility index (Phi) is 5.69. The van der Waals surface area contributed by atoms with Crippen molar-refractivity contribution in [3.8, 4) is 0 Å². The molecule has 1 unspecified atom stereocenters. The van der Waals surface area contributed by atoms with E-state index in [-0.39, 0.29) is 16.2 Å². The number of carbonyl (C=O) groups is 1. The maximum Gasteiger partial charge on any atom is 0.271 e. The van der Waals surface area contributed by atoms with Crippen molar-refractivity contribution in [2.45, 2.75) is 29.5 Å². The quantitative estimate of drug-likeness (QED) is 0.635. The third kappa shape index (κ3) is 4.52. The Morgan fingerprint density at radius 3 is 2.48 bits per heavy atom. The van der Waals surface area contributed by atoms with Crippen LogP contribution in [0.25, 0.3) is 0 Å². The average molecular weight is 427 g/mol. The van der Waals surface area contributed by atoms with Crippen LogP contribution < -0.4 is 4.72 Å². The first-order chi connectivity index (χ1) is 14.0. The highest BCUT2D eigenvalue weighted by Gasteiger charge is 2.29. The molecule has 7 heteroatoms. The summed E-state index contributed by atoms with van der Waals surface area (Å²) in [6, 6.07) is 20.3. The van der Waals surface area contributed by atoms with Crippen molar-refractivity contribution in [3.63, 3.8) is 0 Å². The fourth-order valence-electron chi connectivity index (χ4n) is 3.67. The molecule has 1 aliphatic heterocycles. The Labute approximate surface area is 175 Å². The van der Waals surface area contributed by atoms with Gasteiger partial charge < -0.3 is 4.90 Å². The second kappa shape index (κ2) is 8.39. The number of rotatable bonds is 6. The van der Waals surface area contributed by atoms with E-state index in [1.54, 1.807) is 41.8 Å². The lowest BCUT2D eigenvalue weighted by Gasteiger charge is -2.25. The van der Waals surface area contributed by atoms with Gasteiger partial charge in [-0.3, -0.25) is 9.52 Å². The van der Waals surface area contributed by atoms with Crippen LogP contribution in [-0.4, -0.2) is 31.8 Å². The van der Waals surface area contributed by atoms with Crippen molar-refractivity contribution in [1.29, 1.82) is 0 Å². The van der Waals surface area contributed by atoms with Crippen LogP contribution in [0.15, 0.2) is 76.3 Å². The molecule has 150 valence electrons. The number of anilines is 1. The number of amides is 1. The summed E-state index contributed by atoms with van der Waals surface area (Å²) in [4.78, 5) is 15.0. The van der Waals surface area contributed by atoms with Crippen LogP contribution in [0.2, 0.25) is 0 Å². The number of likely N-dealkylation sites (tertiary alicyclic amines) is 1.